The minimum atomic E-state index is -0.576. The van der Waals surface area contributed by atoms with Crippen molar-refractivity contribution in [2.45, 2.75) is 0 Å². The molecule has 0 aliphatic rings. The number of thioether (sulfide) groups is 1. The fraction of sp³-hybridized carbons (Fsp3) is 0.133. The van der Waals surface area contributed by atoms with Gasteiger partial charge in [0.25, 0.3) is 0 Å². The van der Waals surface area contributed by atoms with E-state index in [1.807, 2.05) is 0 Å². The summed E-state index contributed by atoms with van der Waals surface area (Å²) in [6.45, 7) is 0. The number of carbonyl (C=O) groups excluding carboxylic acids is 3. The van der Waals surface area contributed by atoms with Crippen LogP contribution in [0.25, 0.3) is 0 Å². The Kier molecular flexibility index (Phi) is 6.38. The molecule has 0 unspecified atom stereocenters. The molecule has 24 heavy (non-hydrogen) atoms. The zero-order chi connectivity index (χ0) is 17.4. The summed E-state index contributed by atoms with van der Waals surface area (Å²) in [4.78, 5) is 34.7. The fourth-order valence-electron chi connectivity index (χ4n) is 1.60. The molecule has 0 radical (unpaired) electrons. The van der Waals surface area contributed by atoms with E-state index in [1.54, 1.807) is 6.07 Å². The van der Waals surface area contributed by atoms with E-state index in [0.717, 1.165) is 11.8 Å². The first-order valence-electron chi connectivity index (χ1n) is 6.80. The Bertz CT molecular complexity index is 704. The maximum Gasteiger partial charge on any atom is 0.305 e. The van der Waals surface area contributed by atoms with E-state index in [1.165, 1.54) is 36.6 Å². The smallest absolute Gasteiger partial charge is 0.305 e. The second-order valence-electron chi connectivity index (χ2n) is 4.53. The van der Waals surface area contributed by atoms with Crippen LogP contribution >= 0.6 is 11.8 Å². The predicted molar refractivity (Wildman–Crippen MR) is 86.7 cm³/mol. The van der Waals surface area contributed by atoms with Gasteiger partial charge in [0.15, 0.2) is 5.76 Å². The highest BCUT2D eigenvalue weighted by molar-refractivity contribution is 8.00. The second kappa shape index (κ2) is 8.73. The highest BCUT2D eigenvalue weighted by Gasteiger charge is 2.10. The van der Waals surface area contributed by atoms with Crippen LogP contribution < -0.4 is 16.2 Å². The molecule has 1 aromatic heterocycles. The maximum absolute atomic E-state index is 12.7. The molecule has 0 saturated carbocycles. The Labute approximate surface area is 141 Å². The summed E-state index contributed by atoms with van der Waals surface area (Å²) in [5.74, 6) is -1.66. The predicted octanol–water partition coefficient (Wildman–Crippen LogP) is 1.55. The van der Waals surface area contributed by atoms with E-state index in [2.05, 4.69) is 16.2 Å². The normalized spacial score (nSPS) is 10.0. The molecule has 0 spiro atoms. The van der Waals surface area contributed by atoms with Crippen molar-refractivity contribution in [2.75, 3.05) is 16.8 Å². The van der Waals surface area contributed by atoms with E-state index in [9.17, 15) is 18.8 Å². The first-order chi connectivity index (χ1) is 11.5. The molecule has 0 atom stereocenters. The fourth-order valence-corrected chi connectivity index (χ4v) is 2.22. The molecule has 0 aliphatic carbocycles. The molecule has 9 heteroatoms. The summed E-state index contributed by atoms with van der Waals surface area (Å²) in [5.41, 5.74) is 4.86. The van der Waals surface area contributed by atoms with E-state index < -0.39 is 17.6 Å². The van der Waals surface area contributed by atoms with E-state index >= 15 is 0 Å². The van der Waals surface area contributed by atoms with Crippen molar-refractivity contribution in [3.63, 3.8) is 0 Å². The molecule has 0 bridgehead atoms. The molecule has 2 rings (SSSR count). The van der Waals surface area contributed by atoms with Crippen molar-refractivity contribution >= 4 is 35.2 Å². The van der Waals surface area contributed by atoms with Crippen molar-refractivity contribution in [2.24, 2.45) is 0 Å². The van der Waals surface area contributed by atoms with Gasteiger partial charge in [-0.25, -0.2) is 4.39 Å². The lowest BCUT2D eigenvalue weighted by molar-refractivity contribution is -0.119. The monoisotopic (exact) mass is 351 g/mol. The molecular weight excluding hydrogens is 337 g/mol. The summed E-state index contributed by atoms with van der Waals surface area (Å²) in [6, 6.07) is 8.35. The zero-order valence-electron chi connectivity index (χ0n) is 12.4. The third-order valence-electron chi connectivity index (χ3n) is 2.65. The van der Waals surface area contributed by atoms with Gasteiger partial charge in [0.2, 0.25) is 11.8 Å². The van der Waals surface area contributed by atoms with Crippen molar-refractivity contribution in [1.82, 2.24) is 10.9 Å². The van der Waals surface area contributed by atoms with Crippen LogP contribution in [0, 0.1) is 5.82 Å². The van der Waals surface area contributed by atoms with Crippen LogP contribution in [-0.4, -0.2) is 29.2 Å². The van der Waals surface area contributed by atoms with Crippen molar-refractivity contribution in [1.29, 1.82) is 0 Å². The number of furan rings is 1. The summed E-state index contributed by atoms with van der Waals surface area (Å²) in [5, 5.41) is 2.57. The van der Waals surface area contributed by atoms with Crippen LogP contribution in [0.15, 0.2) is 47.1 Å². The van der Waals surface area contributed by atoms with Gasteiger partial charge in [-0.2, -0.15) is 0 Å². The molecule has 0 fully saturated rings. The maximum atomic E-state index is 12.7. The van der Waals surface area contributed by atoms with Gasteiger partial charge >= 0.3 is 5.91 Å². The van der Waals surface area contributed by atoms with Crippen LogP contribution in [0.5, 0.6) is 0 Å². The summed E-state index contributed by atoms with van der Waals surface area (Å²) >= 11 is 1.07. The Morgan fingerprint density at radius 3 is 2.38 bits per heavy atom. The number of anilines is 1. The number of halogens is 1. The third-order valence-corrected chi connectivity index (χ3v) is 3.59. The van der Waals surface area contributed by atoms with Gasteiger partial charge in [0, 0.05) is 5.69 Å². The first-order valence-corrected chi connectivity index (χ1v) is 7.96. The van der Waals surface area contributed by atoms with Gasteiger partial charge in [0.1, 0.15) is 5.82 Å². The van der Waals surface area contributed by atoms with Crippen molar-refractivity contribution in [3.05, 3.63) is 54.2 Å². The zero-order valence-corrected chi connectivity index (χ0v) is 13.2. The van der Waals surface area contributed by atoms with Gasteiger partial charge in [-0.1, -0.05) is 0 Å². The lowest BCUT2D eigenvalue weighted by Crippen LogP contribution is -2.42. The number of hydrogen-bond acceptors (Lipinski definition) is 5. The third kappa shape index (κ3) is 5.76. The molecule has 126 valence electrons. The molecule has 2 aromatic rings. The number of benzene rings is 1. The van der Waals surface area contributed by atoms with Gasteiger partial charge in [-0.05, 0) is 36.4 Å². The number of hydrazine groups is 1. The van der Waals surface area contributed by atoms with Crippen LogP contribution in [0.1, 0.15) is 10.6 Å². The SMILES string of the molecule is O=C(CSCC(=O)Nc1ccc(F)cc1)NNC(=O)c1ccco1. The Hall–Kier alpha value is -2.81. The Morgan fingerprint density at radius 1 is 1.00 bits per heavy atom. The molecular formula is C15H14FN3O4S. The number of rotatable bonds is 6. The van der Waals surface area contributed by atoms with Crippen molar-refractivity contribution < 1.29 is 23.2 Å². The van der Waals surface area contributed by atoms with Crippen LogP contribution in [0.2, 0.25) is 0 Å². The summed E-state index contributed by atoms with van der Waals surface area (Å²) in [6.07, 6.45) is 1.34. The summed E-state index contributed by atoms with van der Waals surface area (Å²) < 4.78 is 17.6. The first kappa shape index (κ1) is 17.5. The average Bonchev–Trinajstić information content (AvgIpc) is 3.09. The lowest BCUT2D eigenvalue weighted by Gasteiger charge is -2.06. The van der Waals surface area contributed by atoms with Crippen LogP contribution in [0.3, 0.4) is 0 Å². The highest BCUT2D eigenvalue weighted by atomic mass is 32.2. The van der Waals surface area contributed by atoms with Gasteiger partial charge < -0.3 is 9.73 Å². The topological polar surface area (TPSA) is 100 Å². The highest BCUT2D eigenvalue weighted by Crippen LogP contribution is 2.09. The van der Waals surface area contributed by atoms with E-state index in [4.69, 9.17) is 4.42 Å². The number of amides is 3. The average molecular weight is 351 g/mol. The molecule has 0 saturated heterocycles. The molecule has 3 N–H and O–H groups in total. The minimum absolute atomic E-state index is 0.0186. The van der Waals surface area contributed by atoms with Crippen LogP contribution in [-0.2, 0) is 9.59 Å². The van der Waals surface area contributed by atoms with Gasteiger partial charge in [0.05, 0.1) is 17.8 Å². The van der Waals surface area contributed by atoms with E-state index in [-0.39, 0.29) is 23.2 Å². The van der Waals surface area contributed by atoms with Crippen LogP contribution in [0.4, 0.5) is 10.1 Å². The lowest BCUT2D eigenvalue weighted by atomic mass is 10.3. The second-order valence-corrected chi connectivity index (χ2v) is 5.51. The standard InChI is InChI=1S/C15H14FN3O4S/c16-10-3-5-11(6-4-10)17-13(20)8-24-9-14(21)18-19-15(22)12-2-1-7-23-12/h1-7H,8-9H2,(H,17,20)(H,18,21)(H,19,22). The minimum Gasteiger partial charge on any atom is -0.459 e. The largest absolute Gasteiger partial charge is 0.459 e. The van der Waals surface area contributed by atoms with Gasteiger partial charge in [-0.3, -0.25) is 25.2 Å². The molecule has 1 aromatic carbocycles. The molecule has 1 heterocycles. The van der Waals surface area contributed by atoms with Crippen molar-refractivity contribution in [3.8, 4) is 0 Å². The Morgan fingerprint density at radius 2 is 1.71 bits per heavy atom. The Balaban J connectivity index is 1.62. The molecule has 3 amide bonds. The molecule has 0 aliphatic heterocycles. The number of nitrogens with one attached hydrogen (secondary N) is 3. The summed E-state index contributed by atoms with van der Waals surface area (Å²) in [7, 11) is 0. The van der Waals surface area contributed by atoms with E-state index in [0.29, 0.717) is 5.69 Å². The number of hydrogen-bond donors (Lipinski definition) is 3. The molecule has 7 nitrogen and oxygen atoms in total. The van der Waals surface area contributed by atoms with Gasteiger partial charge in [-0.15, -0.1) is 11.8 Å². The number of carbonyl (C=O) groups is 3. The quantitative estimate of drug-likeness (QED) is 0.686.